The van der Waals surface area contributed by atoms with Crippen molar-refractivity contribution < 1.29 is 28.6 Å². The largest absolute Gasteiger partial charge is 0.462 e. The first kappa shape index (κ1) is 62.4. The number of hydrogen-bond acceptors (Lipinski definition) is 6. The molecule has 0 aliphatic carbocycles. The van der Waals surface area contributed by atoms with Crippen LogP contribution in [0, 0.1) is 0 Å². The van der Waals surface area contributed by atoms with E-state index in [1.807, 2.05) is 0 Å². The number of hydrogen-bond donors (Lipinski definition) is 0. The summed E-state index contributed by atoms with van der Waals surface area (Å²) in [5, 5.41) is 0. The van der Waals surface area contributed by atoms with Crippen LogP contribution >= 0.6 is 0 Å². The molecule has 0 radical (unpaired) electrons. The molecular weight excluding hydrogens is 805 g/mol. The van der Waals surface area contributed by atoms with Gasteiger partial charge in [-0.25, -0.2) is 0 Å². The van der Waals surface area contributed by atoms with Crippen molar-refractivity contribution in [2.75, 3.05) is 13.2 Å². The van der Waals surface area contributed by atoms with Crippen molar-refractivity contribution in [1.82, 2.24) is 0 Å². The Kier molecular flexibility index (Phi) is 51.8. The van der Waals surface area contributed by atoms with Gasteiger partial charge in [0.25, 0.3) is 0 Å². The molecule has 0 aromatic carbocycles. The zero-order chi connectivity index (χ0) is 47.2. The number of unbranched alkanes of at least 4 members (excludes halogenated alkanes) is 32. The van der Waals surface area contributed by atoms with Gasteiger partial charge >= 0.3 is 17.9 Å². The summed E-state index contributed by atoms with van der Waals surface area (Å²) in [6.45, 7) is 6.60. The lowest BCUT2D eigenvalue weighted by Gasteiger charge is -2.18. The molecule has 378 valence electrons. The van der Waals surface area contributed by atoms with Crippen LogP contribution in [0.5, 0.6) is 0 Å². The molecule has 1 atom stereocenters. The Labute approximate surface area is 403 Å². The van der Waals surface area contributed by atoms with E-state index in [-0.39, 0.29) is 31.1 Å². The minimum Gasteiger partial charge on any atom is -0.462 e. The van der Waals surface area contributed by atoms with Gasteiger partial charge in [0, 0.05) is 19.3 Å². The molecule has 0 fully saturated rings. The molecular formula is C59H106O6. The molecule has 0 saturated heterocycles. The van der Waals surface area contributed by atoms with Gasteiger partial charge in [-0.3, -0.25) is 14.4 Å². The Morgan fingerprint density at radius 1 is 0.308 bits per heavy atom. The second-order valence-corrected chi connectivity index (χ2v) is 18.8. The van der Waals surface area contributed by atoms with Gasteiger partial charge in [-0.15, -0.1) is 0 Å². The third kappa shape index (κ3) is 52.2. The van der Waals surface area contributed by atoms with Crippen LogP contribution < -0.4 is 0 Å². The average molecular weight is 911 g/mol. The molecule has 0 amide bonds. The second kappa shape index (κ2) is 54.0. The lowest BCUT2D eigenvalue weighted by molar-refractivity contribution is -0.167. The lowest BCUT2D eigenvalue weighted by atomic mass is 10.0. The molecule has 0 aromatic heterocycles. The van der Waals surface area contributed by atoms with Gasteiger partial charge in [0.15, 0.2) is 6.10 Å². The smallest absolute Gasteiger partial charge is 0.306 e. The van der Waals surface area contributed by atoms with Crippen LogP contribution in [0.2, 0.25) is 0 Å². The van der Waals surface area contributed by atoms with E-state index in [0.717, 1.165) is 70.6 Å². The van der Waals surface area contributed by atoms with E-state index in [1.165, 1.54) is 180 Å². The maximum Gasteiger partial charge on any atom is 0.306 e. The minimum absolute atomic E-state index is 0.0840. The summed E-state index contributed by atoms with van der Waals surface area (Å²) in [4.78, 5) is 38.1. The Balaban J connectivity index is 4.41. The summed E-state index contributed by atoms with van der Waals surface area (Å²) >= 11 is 0. The van der Waals surface area contributed by atoms with Crippen molar-refractivity contribution in [2.45, 2.75) is 297 Å². The summed E-state index contributed by atoms with van der Waals surface area (Å²) in [5.74, 6) is -0.916. The maximum atomic E-state index is 12.8. The first-order chi connectivity index (χ1) is 32.0. The Morgan fingerprint density at radius 3 is 0.938 bits per heavy atom. The number of esters is 3. The second-order valence-electron chi connectivity index (χ2n) is 18.8. The molecule has 0 saturated carbocycles. The van der Waals surface area contributed by atoms with E-state index in [0.29, 0.717) is 19.3 Å². The first-order valence-electron chi connectivity index (χ1n) is 28.1. The highest BCUT2D eigenvalue weighted by Crippen LogP contribution is 2.16. The molecule has 6 nitrogen and oxygen atoms in total. The van der Waals surface area contributed by atoms with E-state index in [4.69, 9.17) is 14.2 Å². The summed E-state index contributed by atoms with van der Waals surface area (Å²) in [7, 11) is 0. The third-order valence-corrected chi connectivity index (χ3v) is 12.3. The van der Waals surface area contributed by atoms with E-state index < -0.39 is 6.10 Å². The number of carbonyl (C=O) groups excluding carboxylic acids is 3. The number of allylic oxidation sites excluding steroid dienone is 8. The van der Waals surface area contributed by atoms with Gasteiger partial charge in [0.05, 0.1) is 0 Å². The van der Waals surface area contributed by atoms with Gasteiger partial charge in [0.2, 0.25) is 0 Å². The fraction of sp³-hybridized carbons (Fsp3) is 0.814. The topological polar surface area (TPSA) is 78.9 Å². The van der Waals surface area contributed by atoms with E-state index in [9.17, 15) is 14.4 Å². The number of rotatable bonds is 51. The number of ether oxygens (including phenoxy) is 3. The molecule has 0 unspecified atom stereocenters. The fourth-order valence-corrected chi connectivity index (χ4v) is 8.03. The highest BCUT2D eigenvalue weighted by molar-refractivity contribution is 5.71. The van der Waals surface area contributed by atoms with E-state index in [2.05, 4.69) is 69.4 Å². The molecule has 0 N–H and O–H groups in total. The highest BCUT2D eigenvalue weighted by atomic mass is 16.6. The van der Waals surface area contributed by atoms with Gasteiger partial charge in [-0.05, 0) is 83.5 Å². The maximum absolute atomic E-state index is 12.8. The normalized spacial score (nSPS) is 12.4. The van der Waals surface area contributed by atoms with Crippen LogP contribution in [-0.4, -0.2) is 37.2 Å². The molecule has 0 rings (SSSR count). The summed E-state index contributed by atoms with van der Waals surface area (Å²) in [5.41, 5.74) is 0. The summed E-state index contributed by atoms with van der Waals surface area (Å²) < 4.78 is 16.8. The standard InChI is InChI=1S/C59H106O6/c1-4-7-10-13-16-19-22-25-28-29-32-35-38-41-44-47-50-53-59(62)65-56(54-63-57(60)51-48-45-42-39-36-33-30-26-23-20-17-14-11-8-5-2)55-64-58(61)52-49-46-43-40-37-34-31-27-24-21-18-15-12-9-6-3/h17,20,25-26,28,30,36,39,56H,4-16,18-19,21-24,27,29,31-35,37-38,40-55H2,1-3H3/b20-17-,28-25-,30-26-,39-36-/t56-/m1/s1. The average Bonchev–Trinajstić information content (AvgIpc) is 3.30. The molecule has 0 aliphatic rings. The van der Waals surface area contributed by atoms with Crippen molar-refractivity contribution in [2.24, 2.45) is 0 Å². The Morgan fingerprint density at radius 2 is 0.554 bits per heavy atom. The van der Waals surface area contributed by atoms with E-state index in [1.54, 1.807) is 0 Å². The SMILES string of the molecule is CCCCC/C=C\C/C=C\C/C=C\CCCCC(=O)OC[C@H](COC(=O)CCCCCCCCCCCCCCCCC)OC(=O)CCCCCCCCC/C=C\CCCCCCCC. The molecule has 0 aromatic rings. The van der Waals surface area contributed by atoms with Crippen LogP contribution in [0.3, 0.4) is 0 Å². The Bertz CT molecular complexity index is 1140. The first-order valence-corrected chi connectivity index (χ1v) is 28.1. The zero-order valence-electron chi connectivity index (χ0n) is 43.3. The van der Waals surface area contributed by atoms with Crippen molar-refractivity contribution in [3.63, 3.8) is 0 Å². The van der Waals surface area contributed by atoms with Crippen molar-refractivity contribution in [3.05, 3.63) is 48.6 Å². The molecule has 0 aliphatic heterocycles. The molecule has 0 heterocycles. The van der Waals surface area contributed by atoms with Gasteiger partial charge < -0.3 is 14.2 Å². The van der Waals surface area contributed by atoms with Crippen LogP contribution in [0.15, 0.2) is 48.6 Å². The monoisotopic (exact) mass is 911 g/mol. The molecule has 0 spiro atoms. The van der Waals surface area contributed by atoms with Crippen molar-refractivity contribution in [3.8, 4) is 0 Å². The fourth-order valence-electron chi connectivity index (χ4n) is 8.03. The Hall–Kier alpha value is -2.63. The quantitative estimate of drug-likeness (QED) is 0.0262. The molecule has 6 heteroatoms. The van der Waals surface area contributed by atoms with Crippen LogP contribution in [0.1, 0.15) is 290 Å². The van der Waals surface area contributed by atoms with Gasteiger partial charge in [0.1, 0.15) is 13.2 Å². The molecule has 0 bridgehead atoms. The van der Waals surface area contributed by atoms with Crippen LogP contribution in [-0.2, 0) is 28.6 Å². The summed E-state index contributed by atoms with van der Waals surface area (Å²) in [6, 6.07) is 0. The highest BCUT2D eigenvalue weighted by Gasteiger charge is 2.19. The zero-order valence-corrected chi connectivity index (χ0v) is 43.3. The van der Waals surface area contributed by atoms with Crippen molar-refractivity contribution in [1.29, 1.82) is 0 Å². The number of carbonyl (C=O) groups is 3. The predicted octanol–water partition coefficient (Wildman–Crippen LogP) is 18.7. The van der Waals surface area contributed by atoms with Gasteiger partial charge in [-0.1, -0.05) is 236 Å². The lowest BCUT2D eigenvalue weighted by Crippen LogP contribution is -2.30. The molecule has 65 heavy (non-hydrogen) atoms. The van der Waals surface area contributed by atoms with Crippen molar-refractivity contribution >= 4 is 17.9 Å². The van der Waals surface area contributed by atoms with Crippen LogP contribution in [0.4, 0.5) is 0 Å². The minimum atomic E-state index is -0.788. The third-order valence-electron chi connectivity index (χ3n) is 12.3. The van der Waals surface area contributed by atoms with Gasteiger partial charge in [-0.2, -0.15) is 0 Å². The summed E-state index contributed by atoms with van der Waals surface area (Å²) in [6.07, 6.45) is 65.2. The predicted molar refractivity (Wildman–Crippen MR) is 279 cm³/mol. The van der Waals surface area contributed by atoms with Crippen LogP contribution in [0.25, 0.3) is 0 Å². The van der Waals surface area contributed by atoms with E-state index >= 15 is 0 Å².